The molecule has 1 aliphatic heterocycles. The molecular weight excluding hydrogens is 423 g/mol. The van der Waals surface area contributed by atoms with Crippen LogP contribution in [0.2, 0.25) is 0 Å². The maximum Gasteiger partial charge on any atom is 0.387 e. The van der Waals surface area contributed by atoms with Gasteiger partial charge in [-0.3, -0.25) is 4.99 Å². The van der Waals surface area contributed by atoms with Crippen molar-refractivity contribution in [1.29, 1.82) is 0 Å². The standard InChI is InChI=1S/C14H19F2N3O3.HI/c1-3-4-18-14(17-2)19-7-9-5-11-12(21-8-20-11)6-10(9)22-13(15)16;/h5-6,13H,3-4,7-8H2,1-2H3,(H2,17,18,19);1H. The van der Waals surface area contributed by atoms with Crippen LogP contribution in [0.5, 0.6) is 17.2 Å². The highest BCUT2D eigenvalue weighted by Gasteiger charge is 2.20. The maximum atomic E-state index is 12.5. The molecule has 1 aliphatic rings. The lowest BCUT2D eigenvalue weighted by atomic mass is 10.1. The number of hydrogen-bond acceptors (Lipinski definition) is 4. The van der Waals surface area contributed by atoms with E-state index in [1.807, 2.05) is 6.92 Å². The van der Waals surface area contributed by atoms with Crippen LogP contribution in [0.25, 0.3) is 0 Å². The van der Waals surface area contributed by atoms with Crippen LogP contribution in [0, 0.1) is 0 Å². The first kappa shape index (κ1) is 19.5. The Morgan fingerprint density at radius 1 is 1.30 bits per heavy atom. The highest BCUT2D eigenvalue weighted by molar-refractivity contribution is 14.0. The van der Waals surface area contributed by atoms with Crippen molar-refractivity contribution in [3.8, 4) is 17.2 Å². The fraction of sp³-hybridized carbons (Fsp3) is 0.500. The molecule has 0 fully saturated rings. The summed E-state index contributed by atoms with van der Waals surface area (Å²) in [5.41, 5.74) is 0.531. The van der Waals surface area contributed by atoms with Gasteiger partial charge in [0.15, 0.2) is 17.5 Å². The highest BCUT2D eigenvalue weighted by atomic mass is 127. The third kappa shape index (κ3) is 5.56. The highest BCUT2D eigenvalue weighted by Crippen LogP contribution is 2.38. The average Bonchev–Trinajstić information content (AvgIpc) is 2.94. The second-order valence-corrected chi connectivity index (χ2v) is 4.54. The van der Waals surface area contributed by atoms with Gasteiger partial charge in [0.1, 0.15) is 5.75 Å². The molecule has 1 aromatic carbocycles. The fourth-order valence-corrected chi connectivity index (χ4v) is 1.95. The molecule has 0 spiro atoms. The van der Waals surface area contributed by atoms with E-state index in [-0.39, 0.29) is 43.1 Å². The smallest absolute Gasteiger partial charge is 0.387 e. The largest absolute Gasteiger partial charge is 0.454 e. The number of guanidine groups is 1. The molecule has 0 saturated heterocycles. The third-order valence-electron chi connectivity index (χ3n) is 2.98. The lowest BCUT2D eigenvalue weighted by Crippen LogP contribution is -2.37. The summed E-state index contributed by atoms with van der Waals surface area (Å²) >= 11 is 0. The quantitative estimate of drug-likeness (QED) is 0.402. The molecule has 0 saturated carbocycles. The number of aliphatic imine (C=N–C) groups is 1. The van der Waals surface area contributed by atoms with Gasteiger partial charge in [0, 0.05) is 31.8 Å². The predicted octanol–water partition coefficient (Wildman–Crippen LogP) is 2.71. The Hall–Kier alpha value is -1.52. The van der Waals surface area contributed by atoms with Crippen molar-refractivity contribution in [2.24, 2.45) is 4.99 Å². The molecule has 0 unspecified atom stereocenters. The van der Waals surface area contributed by atoms with Gasteiger partial charge in [-0.1, -0.05) is 6.92 Å². The van der Waals surface area contributed by atoms with Crippen LogP contribution in [-0.4, -0.2) is 33.0 Å². The van der Waals surface area contributed by atoms with Crippen molar-refractivity contribution in [2.75, 3.05) is 20.4 Å². The number of rotatable bonds is 6. The van der Waals surface area contributed by atoms with Gasteiger partial charge in [-0.25, -0.2) is 0 Å². The molecule has 2 N–H and O–H groups in total. The van der Waals surface area contributed by atoms with Crippen LogP contribution < -0.4 is 24.8 Å². The SMILES string of the molecule is CCCNC(=NC)NCc1cc2c(cc1OC(F)F)OCO2.I. The minimum absolute atomic E-state index is 0. The van der Waals surface area contributed by atoms with E-state index in [2.05, 4.69) is 20.4 Å². The summed E-state index contributed by atoms with van der Waals surface area (Å²) in [7, 11) is 1.64. The van der Waals surface area contributed by atoms with E-state index < -0.39 is 6.61 Å². The number of hydrogen-bond donors (Lipinski definition) is 2. The molecule has 1 heterocycles. The van der Waals surface area contributed by atoms with E-state index in [4.69, 9.17) is 9.47 Å². The first-order valence-corrected chi connectivity index (χ1v) is 6.96. The molecule has 0 atom stereocenters. The predicted molar refractivity (Wildman–Crippen MR) is 93.1 cm³/mol. The lowest BCUT2D eigenvalue weighted by molar-refractivity contribution is -0.0505. The third-order valence-corrected chi connectivity index (χ3v) is 2.98. The topological polar surface area (TPSA) is 64.1 Å². The van der Waals surface area contributed by atoms with Crippen molar-refractivity contribution < 1.29 is 23.0 Å². The lowest BCUT2D eigenvalue weighted by Gasteiger charge is -2.15. The van der Waals surface area contributed by atoms with Crippen molar-refractivity contribution in [3.05, 3.63) is 17.7 Å². The summed E-state index contributed by atoms with van der Waals surface area (Å²) in [6, 6.07) is 3.04. The van der Waals surface area contributed by atoms with Gasteiger partial charge >= 0.3 is 6.61 Å². The van der Waals surface area contributed by atoms with Crippen molar-refractivity contribution >= 4 is 29.9 Å². The zero-order valence-electron chi connectivity index (χ0n) is 12.9. The van der Waals surface area contributed by atoms with Gasteiger partial charge < -0.3 is 24.8 Å². The zero-order valence-corrected chi connectivity index (χ0v) is 15.2. The molecule has 0 aromatic heterocycles. The van der Waals surface area contributed by atoms with E-state index in [9.17, 15) is 8.78 Å². The molecule has 130 valence electrons. The zero-order chi connectivity index (χ0) is 15.9. The average molecular weight is 443 g/mol. The van der Waals surface area contributed by atoms with E-state index in [1.165, 1.54) is 6.07 Å². The van der Waals surface area contributed by atoms with E-state index >= 15 is 0 Å². The number of benzene rings is 1. The van der Waals surface area contributed by atoms with Gasteiger partial charge in [-0.15, -0.1) is 24.0 Å². The summed E-state index contributed by atoms with van der Waals surface area (Å²) in [5.74, 6) is 1.54. The van der Waals surface area contributed by atoms with Crippen LogP contribution in [-0.2, 0) is 6.54 Å². The van der Waals surface area contributed by atoms with Gasteiger partial charge in [-0.2, -0.15) is 8.78 Å². The van der Waals surface area contributed by atoms with E-state index in [0.29, 0.717) is 23.0 Å². The number of nitrogens with zero attached hydrogens (tertiary/aromatic N) is 1. The van der Waals surface area contributed by atoms with Gasteiger partial charge in [0.05, 0.1) is 0 Å². The van der Waals surface area contributed by atoms with Crippen LogP contribution >= 0.6 is 24.0 Å². The molecule has 0 aliphatic carbocycles. The van der Waals surface area contributed by atoms with Crippen molar-refractivity contribution in [3.63, 3.8) is 0 Å². The van der Waals surface area contributed by atoms with Crippen LogP contribution in [0.3, 0.4) is 0 Å². The van der Waals surface area contributed by atoms with Crippen LogP contribution in [0.4, 0.5) is 8.78 Å². The molecular formula is C14H20F2IN3O3. The Kier molecular flexibility index (Phi) is 8.13. The van der Waals surface area contributed by atoms with Gasteiger partial charge in [0.25, 0.3) is 0 Å². The normalized spacial score (nSPS) is 12.8. The second-order valence-electron chi connectivity index (χ2n) is 4.54. The minimum atomic E-state index is -2.91. The monoisotopic (exact) mass is 443 g/mol. The Labute approximate surface area is 150 Å². The molecule has 6 nitrogen and oxygen atoms in total. The summed E-state index contributed by atoms with van der Waals surface area (Å²) in [6.07, 6.45) is 0.949. The maximum absolute atomic E-state index is 12.5. The second kappa shape index (κ2) is 9.58. The molecule has 23 heavy (non-hydrogen) atoms. The van der Waals surface area contributed by atoms with Crippen molar-refractivity contribution in [1.82, 2.24) is 10.6 Å². The number of fused-ring (bicyclic) bond motifs is 1. The Morgan fingerprint density at radius 2 is 2.00 bits per heavy atom. The molecule has 2 rings (SSSR count). The van der Waals surface area contributed by atoms with Crippen LogP contribution in [0.1, 0.15) is 18.9 Å². The summed E-state index contributed by atoms with van der Waals surface area (Å²) in [6.45, 7) is 0.229. The first-order chi connectivity index (χ1) is 10.6. The molecule has 9 heteroatoms. The number of halogens is 3. The fourth-order valence-electron chi connectivity index (χ4n) is 1.95. The molecule has 0 amide bonds. The van der Waals surface area contributed by atoms with Crippen molar-refractivity contribution in [2.45, 2.75) is 26.5 Å². The number of nitrogens with one attached hydrogen (secondary N) is 2. The minimum Gasteiger partial charge on any atom is -0.454 e. The number of ether oxygens (including phenoxy) is 3. The van der Waals surface area contributed by atoms with Gasteiger partial charge in [0.2, 0.25) is 6.79 Å². The molecule has 0 bridgehead atoms. The Bertz CT molecular complexity index is 544. The van der Waals surface area contributed by atoms with E-state index in [1.54, 1.807) is 13.1 Å². The Morgan fingerprint density at radius 3 is 2.61 bits per heavy atom. The first-order valence-electron chi connectivity index (χ1n) is 6.96. The summed E-state index contributed by atoms with van der Waals surface area (Å²) in [5, 5.41) is 6.14. The Balaban J connectivity index is 0.00000264. The molecule has 0 radical (unpaired) electrons. The van der Waals surface area contributed by atoms with Crippen LogP contribution in [0.15, 0.2) is 17.1 Å². The van der Waals surface area contributed by atoms with E-state index in [0.717, 1.165) is 13.0 Å². The summed E-state index contributed by atoms with van der Waals surface area (Å²) in [4.78, 5) is 4.05. The van der Waals surface area contributed by atoms with Gasteiger partial charge in [-0.05, 0) is 12.5 Å². The number of alkyl halides is 2. The summed E-state index contributed by atoms with van der Waals surface area (Å²) < 4.78 is 40.0. The molecule has 1 aromatic rings.